The van der Waals surface area contributed by atoms with Crippen molar-refractivity contribution < 1.29 is 34.3 Å². The van der Waals surface area contributed by atoms with E-state index in [1.54, 1.807) is 12.1 Å². The average molecular weight is 529 g/mol. The van der Waals surface area contributed by atoms with Gasteiger partial charge in [-0.05, 0) is 31.2 Å². The molecule has 2 bridgehead atoms. The van der Waals surface area contributed by atoms with Crippen molar-refractivity contribution in [2.45, 2.75) is 50.4 Å². The third-order valence-corrected chi connectivity index (χ3v) is 6.28. The van der Waals surface area contributed by atoms with Crippen LogP contribution < -0.4 is 15.8 Å². The number of benzene rings is 1. The number of nitrogens with zero attached hydrogens (tertiary/aromatic N) is 4. The summed E-state index contributed by atoms with van der Waals surface area (Å²) in [6, 6.07) is 7.50. The Morgan fingerprint density at radius 3 is 2.39 bits per heavy atom. The number of nitrogens with two attached hydrogens (primary N) is 1. The fourth-order valence-corrected chi connectivity index (χ4v) is 4.73. The highest BCUT2D eigenvalue weighted by molar-refractivity contribution is 5.96. The Labute approximate surface area is 217 Å². The molecular formula is C24H28N6O8. The Morgan fingerprint density at radius 1 is 1.21 bits per heavy atom. The molecule has 14 nitrogen and oxygen atoms in total. The number of fused-ring (bicyclic) bond motifs is 2. The molecule has 2 aliphatic rings. The lowest BCUT2D eigenvalue weighted by atomic mass is 9.96. The number of carboxylic acid groups (broad SMARTS) is 2. The van der Waals surface area contributed by atoms with Gasteiger partial charge in [-0.25, -0.2) is 14.6 Å². The van der Waals surface area contributed by atoms with Gasteiger partial charge in [0, 0.05) is 55.2 Å². The molecule has 1 amide bonds. The number of nitrogens with one attached hydrogen (secondary N) is 1. The van der Waals surface area contributed by atoms with Gasteiger partial charge >= 0.3 is 11.9 Å². The number of ether oxygens (including phenoxy) is 1. The van der Waals surface area contributed by atoms with Crippen molar-refractivity contribution in [3.63, 3.8) is 0 Å². The number of carbonyl (C=O) groups excluding carboxylic acids is 1. The lowest BCUT2D eigenvalue weighted by molar-refractivity contribution is -0.384. The molecule has 4 rings (SSSR count). The van der Waals surface area contributed by atoms with Gasteiger partial charge < -0.3 is 26.0 Å². The second-order valence-electron chi connectivity index (χ2n) is 8.79. The topological polar surface area (TPSA) is 211 Å². The van der Waals surface area contributed by atoms with Gasteiger partial charge in [0.1, 0.15) is 5.56 Å². The highest BCUT2D eigenvalue weighted by Gasteiger charge is 2.41. The summed E-state index contributed by atoms with van der Waals surface area (Å²) < 4.78 is 5.15. The number of piperidine rings is 1. The highest BCUT2D eigenvalue weighted by atomic mass is 16.6. The van der Waals surface area contributed by atoms with E-state index in [-0.39, 0.29) is 40.0 Å². The van der Waals surface area contributed by atoms with Crippen molar-refractivity contribution in [2.24, 2.45) is 0 Å². The van der Waals surface area contributed by atoms with Gasteiger partial charge in [-0.1, -0.05) is 12.1 Å². The van der Waals surface area contributed by atoms with Crippen LogP contribution in [0.2, 0.25) is 0 Å². The molecule has 0 spiro atoms. The second-order valence-corrected chi connectivity index (χ2v) is 8.79. The summed E-state index contributed by atoms with van der Waals surface area (Å²) in [5.41, 5.74) is 6.87. The molecule has 2 aromatic rings. The molecule has 1 aromatic heterocycles. The normalized spacial score (nSPS) is 20.3. The number of aliphatic carboxylic acids is 2. The number of amides is 1. The molecule has 38 heavy (non-hydrogen) atoms. The molecule has 0 aliphatic carbocycles. The van der Waals surface area contributed by atoms with E-state index >= 15 is 0 Å². The Balaban J connectivity index is 0.000000436. The van der Waals surface area contributed by atoms with Crippen LogP contribution in [-0.2, 0) is 16.1 Å². The molecule has 14 heteroatoms. The zero-order chi connectivity index (χ0) is 27.8. The molecule has 5 N–H and O–H groups in total. The van der Waals surface area contributed by atoms with Gasteiger partial charge in [0.15, 0.2) is 0 Å². The maximum atomic E-state index is 12.7. The number of nitrogen functional groups attached to an aromatic ring is 1. The van der Waals surface area contributed by atoms with Gasteiger partial charge in [0.25, 0.3) is 11.6 Å². The number of nitro benzene ring substituents is 1. The summed E-state index contributed by atoms with van der Waals surface area (Å²) in [6.45, 7) is 0.678. The van der Waals surface area contributed by atoms with Crippen LogP contribution in [0.25, 0.3) is 0 Å². The smallest absolute Gasteiger partial charge is 0.328 e. The average Bonchev–Trinajstić information content (AvgIpc) is 3.10. The fourth-order valence-electron chi connectivity index (χ4n) is 4.73. The number of hydrogen-bond acceptors (Lipinski definition) is 10. The van der Waals surface area contributed by atoms with Crippen LogP contribution >= 0.6 is 0 Å². The number of anilines is 1. The van der Waals surface area contributed by atoms with Gasteiger partial charge in [-0.15, -0.1) is 0 Å². The number of aromatic nitrogens is 2. The number of non-ortho nitro benzene ring substituents is 1. The lowest BCUT2D eigenvalue weighted by Crippen LogP contribution is -2.50. The molecule has 2 saturated heterocycles. The Morgan fingerprint density at radius 2 is 1.84 bits per heavy atom. The van der Waals surface area contributed by atoms with Crippen molar-refractivity contribution in [1.29, 1.82) is 0 Å². The van der Waals surface area contributed by atoms with Crippen LogP contribution in [0.4, 0.5) is 11.6 Å². The Hall–Kier alpha value is -4.59. The molecule has 2 fully saturated rings. The molecule has 2 atom stereocenters. The first-order valence-corrected chi connectivity index (χ1v) is 11.7. The van der Waals surface area contributed by atoms with Crippen molar-refractivity contribution in [2.75, 3.05) is 12.8 Å². The fraction of sp³-hybridized carbons (Fsp3) is 0.375. The summed E-state index contributed by atoms with van der Waals surface area (Å²) in [7, 11) is 1.44. The molecule has 2 aliphatic heterocycles. The van der Waals surface area contributed by atoms with Crippen molar-refractivity contribution in [3.8, 4) is 5.88 Å². The summed E-state index contributed by atoms with van der Waals surface area (Å²) in [5, 5.41) is 29.7. The summed E-state index contributed by atoms with van der Waals surface area (Å²) in [5.74, 6) is -2.58. The second kappa shape index (κ2) is 12.6. The standard InChI is InChI=1S/C20H24N6O4.C4H4O4/c1-30-19-17(10-22-20(21)24-19)18(27)23-13-8-14-5-6-15(9-13)25(14)11-12-3-2-4-16(7-12)26(28)29;5-3(6)1-2-4(7)8/h2-4,7,10,13-15H,5-6,8-9,11H2,1H3,(H,23,27)(H2,21,22,24);1-2H,(H,5,6)(H,7,8)/b;2-1+. The summed E-state index contributed by atoms with van der Waals surface area (Å²) in [6.07, 6.45) is 6.26. The predicted octanol–water partition coefficient (Wildman–Crippen LogP) is 1.61. The van der Waals surface area contributed by atoms with Crippen LogP contribution in [0.1, 0.15) is 41.6 Å². The quantitative estimate of drug-likeness (QED) is 0.219. The molecule has 3 heterocycles. The summed E-state index contributed by atoms with van der Waals surface area (Å²) >= 11 is 0. The van der Waals surface area contributed by atoms with Crippen molar-refractivity contribution >= 4 is 29.5 Å². The van der Waals surface area contributed by atoms with Crippen molar-refractivity contribution in [1.82, 2.24) is 20.2 Å². The number of nitro groups is 1. The Kier molecular flexibility index (Phi) is 9.27. The Bertz CT molecular complexity index is 1210. The molecule has 1 aromatic carbocycles. The van der Waals surface area contributed by atoms with Gasteiger partial charge in [0.05, 0.1) is 12.0 Å². The molecular weight excluding hydrogens is 500 g/mol. The first kappa shape index (κ1) is 28.0. The predicted molar refractivity (Wildman–Crippen MR) is 133 cm³/mol. The number of methoxy groups -OCH3 is 1. The maximum absolute atomic E-state index is 12.7. The van der Waals surface area contributed by atoms with E-state index in [1.807, 2.05) is 6.07 Å². The van der Waals surface area contributed by atoms with Crippen LogP contribution in [0.15, 0.2) is 42.6 Å². The molecule has 0 radical (unpaired) electrons. The lowest BCUT2D eigenvalue weighted by Gasteiger charge is -2.39. The van der Waals surface area contributed by atoms with E-state index in [9.17, 15) is 24.5 Å². The SMILES string of the molecule is COc1nc(N)ncc1C(=O)NC1CC2CCC(C1)N2Cc1cccc([N+](=O)[O-])c1.O=C(O)/C=C/C(=O)O. The third kappa shape index (κ3) is 7.46. The minimum Gasteiger partial charge on any atom is -0.480 e. The number of hydrogen-bond donors (Lipinski definition) is 4. The van der Waals surface area contributed by atoms with Crippen LogP contribution in [-0.4, -0.2) is 73.1 Å². The number of carboxylic acids is 2. The van der Waals surface area contributed by atoms with Crippen LogP contribution in [0.5, 0.6) is 5.88 Å². The van der Waals surface area contributed by atoms with Gasteiger partial charge in [-0.3, -0.25) is 19.8 Å². The maximum Gasteiger partial charge on any atom is 0.328 e. The largest absolute Gasteiger partial charge is 0.480 e. The third-order valence-electron chi connectivity index (χ3n) is 6.28. The minimum atomic E-state index is -1.26. The first-order valence-electron chi connectivity index (χ1n) is 11.7. The van der Waals surface area contributed by atoms with Gasteiger partial charge in [0.2, 0.25) is 11.8 Å². The van der Waals surface area contributed by atoms with Gasteiger partial charge in [-0.2, -0.15) is 4.98 Å². The molecule has 202 valence electrons. The highest BCUT2D eigenvalue weighted by Crippen LogP contribution is 2.37. The number of carbonyl (C=O) groups is 3. The van der Waals surface area contributed by atoms with E-state index in [0.717, 1.165) is 31.2 Å². The van der Waals surface area contributed by atoms with E-state index < -0.39 is 11.9 Å². The van der Waals surface area contributed by atoms with Crippen LogP contribution in [0.3, 0.4) is 0 Å². The molecule has 0 saturated carbocycles. The summed E-state index contributed by atoms with van der Waals surface area (Å²) in [4.78, 5) is 52.8. The monoisotopic (exact) mass is 528 g/mol. The van der Waals surface area contributed by atoms with E-state index in [4.69, 9.17) is 20.7 Å². The van der Waals surface area contributed by atoms with E-state index in [0.29, 0.717) is 30.8 Å². The minimum absolute atomic E-state index is 0.0404. The van der Waals surface area contributed by atoms with Crippen LogP contribution in [0, 0.1) is 10.1 Å². The van der Waals surface area contributed by atoms with E-state index in [2.05, 4.69) is 20.2 Å². The first-order chi connectivity index (χ1) is 18.1. The zero-order valence-corrected chi connectivity index (χ0v) is 20.5. The van der Waals surface area contributed by atoms with Crippen molar-refractivity contribution in [3.05, 3.63) is 63.9 Å². The number of rotatable bonds is 8. The van der Waals surface area contributed by atoms with E-state index in [1.165, 1.54) is 19.4 Å². The zero-order valence-electron chi connectivity index (χ0n) is 20.5. The molecule has 2 unspecified atom stereocenters.